The molecule has 17 heavy (non-hydrogen) atoms. The molecule has 3 nitrogen and oxygen atoms in total. The number of nitrogens with zero attached hydrogens (tertiary/aromatic N) is 2. The van der Waals surface area contributed by atoms with E-state index in [0.29, 0.717) is 6.04 Å². The molecule has 1 N–H and O–H groups in total. The lowest BCUT2D eigenvalue weighted by Gasteiger charge is -2.24. The zero-order valence-electron chi connectivity index (χ0n) is 10.0. The van der Waals surface area contributed by atoms with Gasteiger partial charge in [0, 0.05) is 24.8 Å². The molecule has 0 amide bonds. The van der Waals surface area contributed by atoms with Crippen molar-refractivity contribution in [3.05, 3.63) is 23.7 Å². The molecule has 0 bridgehead atoms. The predicted octanol–water partition coefficient (Wildman–Crippen LogP) is 2.48. The van der Waals surface area contributed by atoms with Crippen molar-refractivity contribution in [2.75, 3.05) is 24.5 Å². The van der Waals surface area contributed by atoms with E-state index >= 15 is 0 Å². The van der Waals surface area contributed by atoms with Crippen molar-refractivity contribution >= 4 is 27.2 Å². The fourth-order valence-electron chi connectivity index (χ4n) is 2.38. The average Bonchev–Trinajstić information content (AvgIpc) is 2.69. The van der Waals surface area contributed by atoms with Gasteiger partial charge in [0.2, 0.25) is 0 Å². The summed E-state index contributed by atoms with van der Waals surface area (Å²) in [5.41, 5.74) is 4.36. The molecule has 1 aliphatic rings. The van der Waals surface area contributed by atoms with E-state index in [-0.39, 0.29) is 0 Å². The molecule has 1 saturated heterocycles. The fourth-order valence-corrected chi connectivity index (χ4v) is 3.09. The topological polar surface area (TPSA) is 28.2 Å². The van der Waals surface area contributed by atoms with Crippen LogP contribution in [0.1, 0.15) is 13.3 Å². The molecule has 0 spiro atoms. The highest BCUT2D eigenvalue weighted by Crippen LogP contribution is 2.25. The standard InChI is InChI=1S/C13H17N3S/c1-10-8-16(6-2-5-14-10)11-3-4-12-13(7-11)17-9-15-12/h3-4,7,9-10,14H,2,5-6,8H2,1H3. The Morgan fingerprint density at radius 1 is 1.47 bits per heavy atom. The van der Waals surface area contributed by atoms with Gasteiger partial charge in [-0.15, -0.1) is 11.3 Å². The summed E-state index contributed by atoms with van der Waals surface area (Å²) in [6.07, 6.45) is 1.21. The molecule has 0 saturated carbocycles. The van der Waals surface area contributed by atoms with Gasteiger partial charge in [0.05, 0.1) is 15.7 Å². The monoisotopic (exact) mass is 247 g/mol. The molecular weight excluding hydrogens is 230 g/mol. The Labute approximate surface area is 105 Å². The highest BCUT2D eigenvalue weighted by molar-refractivity contribution is 7.16. The number of nitrogens with one attached hydrogen (secondary N) is 1. The van der Waals surface area contributed by atoms with Crippen LogP contribution in [0.2, 0.25) is 0 Å². The summed E-state index contributed by atoms with van der Waals surface area (Å²) in [7, 11) is 0. The normalized spacial score (nSPS) is 21.7. The summed E-state index contributed by atoms with van der Waals surface area (Å²) in [5, 5.41) is 3.52. The highest BCUT2D eigenvalue weighted by atomic mass is 32.1. The lowest BCUT2D eigenvalue weighted by molar-refractivity contribution is 0.585. The van der Waals surface area contributed by atoms with Crippen molar-refractivity contribution in [3.8, 4) is 0 Å². The number of hydrogen-bond donors (Lipinski definition) is 1. The van der Waals surface area contributed by atoms with Crippen LogP contribution in [0.15, 0.2) is 23.7 Å². The molecule has 2 aromatic rings. The van der Waals surface area contributed by atoms with E-state index in [1.165, 1.54) is 16.8 Å². The van der Waals surface area contributed by atoms with Crippen molar-refractivity contribution in [2.45, 2.75) is 19.4 Å². The predicted molar refractivity (Wildman–Crippen MR) is 73.9 cm³/mol. The SMILES string of the molecule is CC1CN(c2ccc3ncsc3c2)CCCN1. The second-order valence-corrected chi connectivity index (χ2v) is 5.55. The second-order valence-electron chi connectivity index (χ2n) is 4.66. The van der Waals surface area contributed by atoms with Crippen LogP contribution in [0.25, 0.3) is 10.2 Å². The van der Waals surface area contributed by atoms with Gasteiger partial charge in [-0.2, -0.15) is 0 Å². The Morgan fingerprint density at radius 2 is 2.41 bits per heavy atom. The third-order valence-electron chi connectivity index (χ3n) is 3.27. The molecule has 0 aliphatic carbocycles. The van der Waals surface area contributed by atoms with Gasteiger partial charge in [0.25, 0.3) is 0 Å². The first kappa shape index (κ1) is 11.0. The summed E-state index contributed by atoms with van der Waals surface area (Å²) in [4.78, 5) is 6.80. The first-order valence-corrected chi connectivity index (χ1v) is 7.02. The summed E-state index contributed by atoms with van der Waals surface area (Å²) < 4.78 is 1.28. The van der Waals surface area contributed by atoms with E-state index in [9.17, 15) is 0 Å². The number of thiazole rings is 1. The van der Waals surface area contributed by atoms with Crippen molar-refractivity contribution in [1.29, 1.82) is 0 Å². The van der Waals surface area contributed by atoms with Gasteiger partial charge in [-0.25, -0.2) is 4.98 Å². The maximum absolute atomic E-state index is 4.33. The number of fused-ring (bicyclic) bond motifs is 1. The summed E-state index contributed by atoms with van der Waals surface area (Å²) in [6.45, 7) is 5.61. The van der Waals surface area contributed by atoms with E-state index in [1.54, 1.807) is 11.3 Å². The zero-order valence-corrected chi connectivity index (χ0v) is 10.8. The number of aromatic nitrogens is 1. The van der Waals surface area contributed by atoms with E-state index < -0.39 is 0 Å². The van der Waals surface area contributed by atoms with E-state index in [1.807, 2.05) is 5.51 Å². The van der Waals surface area contributed by atoms with Crippen molar-refractivity contribution < 1.29 is 0 Å². The molecule has 90 valence electrons. The van der Waals surface area contributed by atoms with Crippen LogP contribution in [-0.4, -0.2) is 30.7 Å². The van der Waals surface area contributed by atoms with Gasteiger partial charge in [0.15, 0.2) is 0 Å². The van der Waals surface area contributed by atoms with Crippen LogP contribution in [0, 0.1) is 0 Å². The molecule has 1 atom stereocenters. The summed E-state index contributed by atoms with van der Waals surface area (Å²) in [6, 6.07) is 7.16. The molecule has 1 aromatic carbocycles. The molecule has 0 radical (unpaired) electrons. The van der Waals surface area contributed by atoms with Crippen molar-refractivity contribution in [2.24, 2.45) is 0 Å². The van der Waals surface area contributed by atoms with Gasteiger partial charge in [-0.3, -0.25) is 0 Å². The molecule has 1 fully saturated rings. The number of benzene rings is 1. The molecule has 1 unspecified atom stereocenters. The third kappa shape index (κ3) is 2.28. The minimum absolute atomic E-state index is 0.564. The van der Waals surface area contributed by atoms with Gasteiger partial charge < -0.3 is 10.2 Å². The lowest BCUT2D eigenvalue weighted by Crippen LogP contribution is -2.35. The average molecular weight is 247 g/mol. The number of anilines is 1. The van der Waals surface area contributed by atoms with E-state index in [0.717, 1.165) is 25.2 Å². The van der Waals surface area contributed by atoms with Crippen LogP contribution in [0.4, 0.5) is 5.69 Å². The molecule has 4 heteroatoms. The van der Waals surface area contributed by atoms with E-state index in [2.05, 4.69) is 40.3 Å². The van der Waals surface area contributed by atoms with Crippen molar-refractivity contribution in [1.82, 2.24) is 10.3 Å². The smallest absolute Gasteiger partial charge is 0.0813 e. The van der Waals surface area contributed by atoms with Gasteiger partial charge in [-0.05, 0) is 38.1 Å². The Balaban J connectivity index is 1.90. The fraction of sp³-hybridized carbons (Fsp3) is 0.462. The molecular formula is C13H17N3S. The molecule has 3 rings (SSSR count). The minimum atomic E-state index is 0.564. The maximum atomic E-state index is 4.33. The van der Waals surface area contributed by atoms with Gasteiger partial charge in [0.1, 0.15) is 0 Å². The Hall–Kier alpha value is -1.13. The Morgan fingerprint density at radius 3 is 3.35 bits per heavy atom. The van der Waals surface area contributed by atoms with Crippen LogP contribution in [0.3, 0.4) is 0 Å². The van der Waals surface area contributed by atoms with Gasteiger partial charge in [-0.1, -0.05) is 0 Å². The number of rotatable bonds is 1. The van der Waals surface area contributed by atoms with Gasteiger partial charge >= 0.3 is 0 Å². The maximum Gasteiger partial charge on any atom is 0.0813 e. The highest BCUT2D eigenvalue weighted by Gasteiger charge is 2.14. The van der Waals surface area contributed by atoms with E-state index in [4.69, 9.17) is 0 Å². The second kappa shape index (κ2) is 4.63. The molecule has 2 heterocycles. The molecule has 1 aromatic heterocycles. The summed E-state index contributed by atoms with van der Waals surface area (Å²) >= 11 is 1.72. The molecule has 1 aliphatic heterocycles. The Kier molecular flexibility index (Phi) is 2.99. The van der Waals surface area contributed by atoms with Crippen LogP contribution in [-0.2, 0) is 0 Å². The quantitative estimate of drug-likeness (QED) is 0.839. The first-order chi connectivity index (χ1) is 8.33. The zero-order chi connectivity index (χ0) is 11.7. The lowest BCUT2D eigenvalue weighted by atomic mass is 10.2. The van der Waals surface area contributed by atoms with Crippen molar-refractivity contribution in [3.63, 3.8) is 0 Å². The van der Waals surface area contributed by atoms with Crippen LogP contribution < -0.4 is 10.2 Å². The number of hydrogen-bond acceptors (Lipinski definition) is 4. The first-order valence-electron chi connectivity index (χ1n) is 6.14. The third-order valence-corrected chi connectivity index (χ3v) is 4.06. The summed E-state index contributed by atoms with van der Waals surface area (Å²) in [5.74, 6) is 0. The van der Waals surface area contributed by atoms with Crippen LogP contribution >= 0.6 is 11.3 Å². The van der Waals surface area contributed by atoms with Crippen LogP contribution in [0.5, 0.6) is 0 Å². The minimum Gasteiger partial charge on any atom is -0.370 e. The Bertz CT molecular complexity index is 508. The largest absolute Gasteiger partial charge is 0.370 e.